The molecular weight excluding hydrogens is 270 g/mol. The Balaban J connectivity index is 1.97. The van der Waals surface area contributed by atoms with Gasteiger partial charge in [0.15, 0.2) is 6.23 Å². The summed E-state index contributed by atoms with van der Waals surface area (Å²) in [6.07, 6.45) is 8.55. The third kappa shape index (κ3) is 2.69. The van der Waals surface area contributed by atoms with Crippen LogP contribution in [0.4, 0.5) is 0 Å². The van der Waals surface area contributed by atoms with E-state index in [2.05, 4.69) is 75.2 Å². The van der Waals surface area contributed by atoms with Gasteiger partial charge in [-0.25, -0.2) is 0 Å². The van der Waals surface area contributed by atoms with Gasteiger partial charge in [0.1, 0.15) is 0 Å². The van der Waals surface area contributed by atoms with Crippen LogP contribution in [0.15, 0.2) is 42.6 Å². The van der Waals surface area contributed by atoms with Crippen LogP contribution in [0.3, 0.4) is 0 Å². The van der Waals surface area contributed by atoms with Gasteiger partial charge in [-0.15, -0.1) is 0 Å². The first-order chi connectivity index (χ1) is 10.5. The van der Waals surface area contributed by atoms with E-state index in [-0.39, 0.29) is 11.8 Å². The van der Waals surface area contributed by atoms with Gasteiger partial charge in [0.25, 0.3) is 0 Å². The molecule has 1 aromatic carbocycles. The first kappa shape index (κ1) is 15.6. The minimum Gasteiger partial charge on any atom is -0.350 e. The van der Waals surface area contributed by atoms with E-state index in [0.717, 1.165) is 5.92 Å². The van der Waals surface area contributed by atoms with Gasteiger partial charge in [0, 0.05) is 17.0 Å². The van der Waals surface area contributed by atoms with E-state index < -0.39 is 0 Å². The molecule has 0 radical (unpaired) electrons. The maximum atomic E-state index is 6.62. The fourth-order valence-electron chi connectivity index (χ4n) is 4.30. The Morgan fingerprint density at radius 3 is 2.59 bits per heavy atom. The molecule has 1 saturated carbocycles. The van der Waals surface area contributed by atoms with Gasteiger partial charge >= 0.3 is 0 Å². The van der Waals surface area contributed by atoms with Gasteiger partial charge in [-0.05, 0) is 45.7 Å². The van der Waals surface area contributed by atoms with Crippen LogP contribution >= 0.6 is 0 Å². The van der Waals surface area contributed by atoms with Crippen LogP contribution in [0.25, 0.3) is 0 Å². The van der Waals surface area contributed by atoms with Crippen LogP contribution < -0.4 is 0 Å². The van der Waals surface area contributed by atoms with Crippen molar-refractivity contribution in [2.45, 2.75) is 64.8 Å². The SMILES string of the molecule is C/C=C/N1[C@H](c2ccccc2)O[C@@H]2C[C@H](C)CC[C@H]2C1(C)C. The smallest absolute Gasteiger partial charge is 0.156 e. The summed E-state index contributed by atoms with van der Waals surface area (Å²) in [5.74, 6) is 1.39. The molecule has 0 amide bonds. The summed E-state index contributed by atoms with van der Waals surface area (Å²) >= 11 is 0. The molecule has 0 spiro atoms. The number of nitrogens with zero attached hydrogens (tertiary/aromatic N) is 1. The lowest BCUT2D eigenvalue weighted by molar-refractivity contribution is -0.220. The van der Waals surface area contributed by atoms with Gasteiger partial charge in [0.2, 0.25) is 0 Å². The molecule has 2 aliphatic rings. The fourth-order valence-corrected chi connectivity index (χ4v) is 4.30. The lowest BCUT2D eigenvalue weighted by Gasteiger charge is -2.57. The molecule has 1 aliphatic heterocycles. The molecule has 1 aromatic rings. The van der Waals surface area contributed by atoms with Gasteiger partial charge in [-0.1, -0.05) is 49.8 Å². The van der Waals surface area contributed by atoms with E-state index in [1.54, 1.807) is 0 Å². The fraction of sp³-hybridized carbons (Fsp3) is 0.600. The molecule has 0 bridgehead atoms. The minimum absolute atomic E-state index is 0.0268. The first-order valence-electron chi connectivity index (χ1n) is 8.65. The molecule has 1 saturated heterocycles. The van der Waals surface area contributed by atoms with Crippen molar-refractivity contribution >= 4 is 0 Å². The summed E-state index contributed by atoms with van der Waals surface area (Å²) in [5.41, 5.74) is 1.38. The number of ether oxygens (including phenoxy) is 1. The zero-order chi connectivity index (χ0) is 15.7. The molecule has 4 atom stereocenters. The highest BCUT2D eigenvalue weighted by Gasteiger charge is 2.49. The lowest BCUT2D eigenvalue weighted by Crippen LogP contribution is -2.59. The van der Waals surface area contributed by atoms with Crippen molar-refractivity contribution in [1.29, 1.82) is 0 Å². The van der Waals surface area contributed by atoms with Crippen molar-refractivity contribution in [2.24, 2.45) is 11.8 Å². The number of allylic oxidation sites excluding steroid dienone is 1. The van der Waals surface area contributed by atoms with E-state index in [1.807, 2.05) is 0 Å². The van der Waals surface area contributed by atoms with Crippen molar-refractivity contribution in [3.05, 3.63) is 48.2 Å². The Hall–Kier alpha value is -1.28. The van der Waals surface area contributed by atoms with Gasteiger partial charge in [-0.2, -0.15) is 0 Å². The second-order valence-corrected chi connectivity index (χ2v) is 7.51. The van der Waals surface area contributed by atoms with E-state index >= 15 is 0 Å². The molecule has 22 heavy (non-hydrogen) atoms. The Morgan fingerprint density at radius 2 is 1.91 bits per heavy atom. The number of hydrogen-bond donors (Lipinski definition) is 0. The second kappa shape index (κ2) is 6.08. The Labute approximate surface area is 135 Å². The molecule has 3 rings (SSSR count). The quantitative estimate of drug-likeness (QED) is 0.750. The molecule has 2 heteroatoms. The van der Waals surface area contributed by atoms with Crippen LogP contribution in [0.1, 0.15) is 58.7 Å². The summed E-state index contributed by atoms with van der Waals surface area (Å²) in [6, 6.07) is 10.7. The minimum atomic E-state index is 0.0268. The van der Waals surface area contributed by atoms with Gasteiger partial charge < -0.3 is 9.64 Å². The van der Waals surface area contributed by atoms with E-state index in [4.69, 9.17) is 4.74 Å². The molecule has 2 nitrogen and oxygen atoms in total. The van der Waals surface area contributed by atoms with E-state index in [0.29, 0.717) is 12.0 Å². The third-order valence-corrected chi connectivity index (χ3v) is 5.58. The standard InChI is InChI=1S/C20H29NO/c1-5-13-21-19(16-9-7-6-8-10-16)22-18-14-15(2)11-12-17(18)20(21,3)4/h5-10,13,15,17-19H,11-12,14H2,1-4H3/b13-5+/t15-,17-,18-,19+/m1/s1. The molecular formula is C20H29NO. The largest absolute Gasteiger partial charge is 0.350 e. The normalized spacial score (nSPS) is 34.6. The second-order valence-electron chi connectivity index (χ2n) is 7.51. The van der Waals surface area contributed by atoms with E-state index in [9.17, 15) is 0 Å². The summed E-state index contributed by atoms with van der Waals surface area (Å²) < 4.78 is 6.62. The maximum Gasteiger partial charge on any atom is 0.156 e. The van der Waals surface area contributed by atoms with Crippen LogP contribution in [-0.4, -0.2) is 16.5 Å². The van der Waals surface area contributed by atoms with Crippen molar-refractivity contribution in [1.82, 2.24) is 4.90 Å². The molecule has 2 fully saturated rings. The molecule has 0 N–H and O–H groups in total. The zero-order valence-electron chi connectivity index (χ0n) is 14.3. The van der Waals surface area contributed by atoms with Crippen molar-refractivity contribution < 1.29 is 4.74 Å². The Kier molecular flexibility index (Phi) is 4.31. The molecule has 1 aliphatic carbocycles. The highest BCUT2D eigenvalue weighted by atomic mass is 16.5. The number of hydrogen-bond acceptors (Lipinski definition) is 2. The maximum absolute atomic E-state index is 6.62. The summed E-state index contributed by atoms with van der Waals surface area (Å²) in [5, 5.41) is 0. The Bertz CT molecular complexity index is 522. The monoisotopic (exact) mass is 299 g/mol. The van der Waals surface area contributed by atoms with Crippen molar-refractivity contribution in [3.8, 4) is 0 Å². The van der Waals surface area contributed by atoms with Gasteiger partial charge in [-0.3, -0.25) is 0 Å². The van der Waals surface area contributed by atoms with Crippen molar-refractivity contribution in [2.75, 3.05) is 0 Å². The highest BCUT2D eigenvalue weighted by molar-refractivity contribution is 5.20. The predicted octanol–water partition coefficient (Wildman–Crippen LogP) is 5.13. The van der Waals surface area contributed by atoms with Crippen LogP contribution in [0, 0.1) is 11.8 Å². The highest BCUT2D eigenvalue weighted by Crippen LogP contribution is 2.48. The van der Waals surface area contributed by atoms with Gasteiger partial charge in [0.05, 0.1) is 6.10 Å². The van der Waals surface area contributed by atoms with Crippen molar-refractivity contribution in [3.63, 3.8) is 0 Å². The summed E-state index contributed by atoms with van der Waals surface area (Å²) in [4.78, 5) is 2.43. The summed E-state index contributed by atoms with van der Waals surface area (Å²) in [6.45, 7) is 9.23. The summed E-state index contributed by atoms with van der Waals surface area (Å²) in [7, 11) is 0. The first-order valence-corrected chi connectivity index (χ1v) is 8.65. The van der Waals surface area contributed by atoms with E-state index in [1.165, 1.54) is 24.8 Å². The molecule has 120 valence electrons. The zero-order valence-corrected chi connectivity index (χ0v) is 14.3. The molecule has 0 aromatic heterocycles. The predicted molar refractivity (Wildman–Crippen MR) is 91.3 cm³/mol. The van der Waals surface area contributed by atoms with Crippen LogP contribution in [0.5, 0.6) is 0 Å². The molecule has 0 unspecified atom stereocenters. The average Bonchev–Trinajstić information content (AvgIpc) is 2.50. The van der Waals surface area contributed by atoms with Crippen LogP contribution in [0.2, 0.25) is 0 Å². The topological polar surface area (TPSA) is 12.5 Å². The number of fused-ring (bicyclic) bond motifs is 1. The Morgan fingerprint density at radius 1 is 1.18 bits per heavy atom. The third-order valence-electron chi connectivity index (χ3n) is 5.58. The average molecular weight is 299 g/mol. The molecule has 1 heterocycles. The number of rotatable bonds is 2. The lowest BCUT2D eigenvalue weighted by atomic mass is 9.69. The number of benzene rings is 1. The van der Waals surface area contributed by atoms with Crippen LogP contribution in [-0.2, 0) is 4.74 Å².